The van der Waals surface area contributed by atoms with Crippen LogP contribution in [0.25, 0.3) is 0 Å². The highest BCUT2D eigenvalue weighted by Crippen LogP contribution is 2.29. The average molecular weight is 170 g/mol. The van der Waals surface area contributed by atoms with Crippen molar-refractivity contribution in [3.05, 3.63) is 0 Å². The fraction of sp³-hybridized carbons (Fsp3) is 0.889. The number of hydrogen-bond acceptors (Lipinski definition) is 1. The van der Waals surface area contributed by atoms with Crippen molar-refractivity contribution >= 4 is 13.9 Å². The summed E-state index contributed by atoms with van der Waals surface area (Å²) in [6, 6.07) is 1.21. The topological polar surface area (TPSA) is 17.1 Å². The van der Waals surface area contributed by atoms with Crippen molar-refractivity contribution in [2.24, 2.45) is 5.92 Å². The van der Waals surface area contributed by atoms with Crippen LogP contribution in [0.4, 0.5) is 0 Å². The minimum Gasteiger partial charge on any atom is -0.299 e. The van der Waals surface area contributed by atoms with Gasteiger partial charge in [-0.2, -0.15) is 0 Å². The van der Waals surface area contributed by atoms with Gasteiger partial charge in [-0.1, -0.05) is 19.6 Å². The van der Waals surface area contributed by atoms with Crippen LogP contribution in [0.3, 0.4) is 0 Å². The van der Waals surface area contributed by atoms with Crippen LogP contribution in [-0.4, -0.2) is 13.9 Å². The summed E-state index contributed by atoms with van der Waals surface area (Å²) in [4.78, 5) is 11.3. The lowest BCUT2D eigenvalue weighted by Crippen LogP contribution is -2.25. The Kier molecular flexibility index (Phi) is 2.53. The molecule has 0 radical (unpaired) electrons. The summed E-state index contributed by atoms with van der Waals surface area (Å²) in [5.74, 6) is 0.981. The van der Waals surface area contributed by atoms with Gasteiger partial charge in [0, 0.05) is 20.4 Å². The summed E-state index contributed by atoms with van der Waals surface area (Å²) in [7, 11) is -0.985. The zero-order valence-electron chi connectivity index (χ0n) is 7.81. The third-order valence-corrected chi connectivity index (χ3v) is 4.01. The van der Waals surface area contributed by atoms with Gasteiger partial charge in [0.15, 0.2) is 0 Å². The van der Waals surface area contributed by atoms with E-state index >= 15 is 0 Å². The van der Waals surface area contributed by atoms with E-state index in [1.165, 1.54) is 12.5 Å². The molecular formula is C9H18OSi. The van der Waals surface area contributed by atoms with E-state index in [0.717, 1.165) is 12.8 Å². The van der Waals surface area contributed by atoms with E-state index in [2.05, 4.69) is 19.6 Å². The van der Waals surface area contributed by atoms with Crippen LogP contribution in [0, 0.1) is 5.92 Å². The van der Waals surface area contributed by atoms with Crippen LogP contribution in [0.15, 0.2) is 0 Å². The fourth-order valence-corrected chi connectivity index (χ4v) is 3.75. The number of rotatable bonds is 2. The first-order valence-electron chi connectivity index (χ1n) is 4.52. The molecule has 1 aliphatic carbocycles. The van der Waals surface area contributed by atoms with Crippen LogP contribution in [0.5, 0.6) is 0 Å². The molecule has 1 saturated carbocycles. The van der Waals surface area contributed by atoms with E-state index in [1.54, 1.807) is 0 Å². The van der Waals surface area contributed by atoms with Gasteiger partial charge in [0.1, 0.15) is 5.78 Å². The number of Topliss-reactive ketones (excluding diaryl/α,β-unsaturated/α-hetero) is 1. The van der Waals surface area contributed by atoms with Gasteiger partial charge in [-0.15, -0.1) is 0 Å². The Labute approximate surface area is 70.2 Å². The van der Waals surface area contributed by atoms with Gasteiger partial charge in [-0.3, -0.25) is 4.79 Å². The van der Waals surface area contributed by atoms with E-state index in [4.69, 9.17) is 0 Å². The van der Waals surface area contributed by atoms with Gasteiger partial charge >= 0.3 is 0 Å². The van der Waals surface area contributed by atoms with E-state index in [1.807, 2.05) is 0 Å². The average Bonchev–Trinajstić information content (AvgIpc) is 2.12. The lowest BCUT2D eigenvalue weighted by Gasteiger charge is -2.19. The summed E-state index contributed by atoms with van der Waals surface area (Å²) < 4.78 is 0. The third-order valence-electron chi connectivity index (χ3n) is 2.29. The van der Waals surface area contributed by atoms with Gasteiger partial charge in [0.2, 0.25) is 0 Å². The predicted octanol–water partition coefficient (Wildman–Crippen LogP) is 2.69. The molecular weight excluding hydrogens is 152 g/mol. The molecule has 64 valence electrons. The molecule has 1 fully saturated rings. The molecule has 1 unspecified atom stereocenters. The quantitative estimate of drug-likeness (QED) is 0.582. The second-order valence-electron chi connectivity index (χ2n) is 4.82. The van der Waals surface area contributed by atoms with Crippen molar-refractivity contribution in [1.29, 1.82) is 0 Å². The molecule has 1 rings (SSSR count). The Bertz CT molecular complexity index is 157. The van der Waals surface area contributed by atoms with Gasteiger partial charge in [0.25, 0.3) is 0 Å². The van der Waals surface area contributed by atoms with Gasteiger partial charge < -0.3 is 0 Å². The summed E-state index contributed by atoms with van der Waals surface area (Å²) in [6.45, 7) is 7.04. The molecule has 0 aromatic rings. The number of hydrogen-bond donors (Lipinski definition) is 0. The number of ketones is 1. The minimum absolute atomic E-state index is 0.446. The zero-order chi connectivity index (χ0) is 8.48. The van der Waals surface area contributed by atoms with Crippen LogP contribution in [0.2, 0.25) is 25.7 Å². The smallest absolute Gasteiger partial charge is 0.135 e. The molecule has 0 aliphatic heterocycles. The summed E-state index contributed by atoms with van der Waals surface area (Å²) >= 11 is 0. The molecule has 0 spiro atoms. The first-order valence-corrected chi connectivity index (χ1v) is 8.22. The number of carbonyl (C=O) groups excluding carboxylic acids is 1. The van der Waals surface area contributed by atoms with Crippen molar-refractivity contribution in [2.75, 3.05) is 0 Å². The van der Waals surface area contributed by atoms with E-state index in [9.17, 15) is 4.79 Å². The number of carbonyl (C=O) groups is 1. The molecule has 0 aromatic heterocycles. The van der Waals surface area contributed by atoms with Crippen LogP contribution in [0.1, 0.15) is 19.3 Å². The van der Waals surface area contributed by atoms with Gasteiger partial charge in [0.05, 0.1) is 0 Å². The molecule has 0 saturated heterocycles. The SMILES string of the molecule is C[Si](C)(C)CC1CCCC1=O. The van der Waals surface area contributed by atoms with Crippen LogP contribution < -0.4 is 0 Å². The molecule has 0 bridgehead atoms. The zero-order valence-corrected chi connectivity index (χ0v) is 8.81. The molecule has 0 amide bonds. The first kappa shape index (κ1) is 8.98. The normalized spacial score (nSPS) is 26.1. The highest BCUT2D eigenvalue weighted by molar-refractivity contribution is 6.76. The maximum Gasteiger partial charge on any atom is 0.135 e. The van der Waals surface area contributed by atoms with Crippen molar-refractivity contribution in [3.63, 3.8) is 0 Å². The summed E-state index contributed by atoms with van der Waals surface area (Å²) in [6.07, 6.45) is 3.17. The maximum absolute atomic E-state index is 11.3. The van der Waals surface area contributed by atoms with Crippen molar-refractivity contribution in [1.82, 2.24) is 0 Å². The van der Waals surface area contributed by atoms with E-state index in [-0.39, 0.29) is 0 Å². The largest absolute Gasteiger partial charge is 0.299 e. The molecule has 1 nitrogen and oxygen atoms in total. The van der Waals surface area contributed by atoms with Crippen LogP contribution >= 0.6 is 0 Å². The predicted molar refractivity (Wildman–Crippen MR) is 50.5 cm³/mol. The Balaban J connectivity index is 2.43. The maximum atomic E-state index is 11.3. The molecule has 1 atom stereocenters. The van der Waals surface area contributed by atoms with Crippen molar-refractivity contribution in [3.8, 4) is 0 Å². The van der Waals surface area contributed by atoms with E-state index < -0.39 is 8.07 Å². The van der Waals surface area contributed by atoms with Crippen molar-refractivity contribution < 1.29 is 4.79 Å². The second kappa shape index (κ2) is 3.09. The Morgan fingerprint density at radius 2 is 2.09 bits per heavy atom. The summed E-state index contributed by atoms with van der Waals surface area (Å²) in [5.41, 5.74) is 0. The second-order valence-corrected chi connectivity index (χ2v) is 10.3. The molecule has 11 heavy (non-hydrogen) atoms. The lowest BCUT2D eigenvalue weighted by molar-refractivity contribution is -0.120. The first-order chi connectivity index (χ1) is 4.99. The molecule has 0 aromatic carbocycles. The summed E-state index contributed by atoms with van der Waals surface area (Å²) in [5, 5.41) is 0. The Hall–Kier alpha value is -0.113. The Morgan fingerprint density at radius 1 is 1.45 bits per heavy atom. The monoisotopic (exact) mass is 170 g/mol. The molecule has 0 N–H and O–H groups in total. The minimum atomic E-state index is -0.985. The lowest BCUT2D eigenvalue weighted by atomic mass is 10.1. The highest BCUT2D eigenvalue weighted by atomic mass is 28.3. The fourth-order valence-electron chi connectivity index (χ4n) is 1.84. The molecule has 2 heteroatoms. The third kappa shape index (κ3) is 2.77. The van der Waals surface area contributed by atoms with Gasteiger partial charge in [-0.25, -0.2) is 0 Å². The van der Waals surface area contributed by atoms with Crippen molar-refractivity contribution in [2.45, 2.75) is 44.9 Å². The van der Waals surface area contributed by atoms with Gasteiger partial charge in [-0.05, 0) is 18.9 Å². The molecule has 1 aliphatic rings. The highest BCUT2D eigenvalue weighted by Gasteiger charge is 2.29. The van der Waals surface area contributed by atoms with E-state index in [0.29, 0.717) is 11.7 Å². The Morgan fingerprint density at radius 3 is 2.45 bits per heavy atom. The molecule has 0 heterocycles. The standard InChI is InChI=1S/C9H18OSi/c1-11(2,3)7-8-5-4-6-9(8)10/h8H,4-7H2,1-3H3. The van der Waals surface area contributed by atoms with Crippen LogP contribution in [-0.2, 0) is 4.79 Å².